The monoisotopic (exact) mass is 398 g/mol. The fraction of sp³-hybridized carbons (Fsp3) is 0.263. The zero-order valence-electron chi connectivity index (χ0n) is 15.0. The third-order valence-corrected chi connectivity index (χ3v) is 5.46. The number of nitro groups is 1. The smallest absolute Gasteiger partial charge is 0.282 e. The number of ether oxygens (including phenoxy) is 1. The van der Waals surface area contributed by atoms with E-state index in [9.17, 15) is 14.9 Å². The third kappa shape index (κ3) is 4.01. The molecule has 0 radical (unpaired) electrons. The number of para-hydroxylation sites is 1. The van der Waals surface area contributed by atoms with Crippen LogP contribution in [-0.4, -0.2) is 47.0 Å². The minimum absolute atomic E-state index is 0.0137. The second kappa shape index (κ2) is 8.01. The van der Waals surface area contributed by atoms with Crippen LogP contribution in [0.1, 0.15) is 15.9 Å². The van der Waals surface area contributed by atoms with Crippen molar-refractivity contribution in [1.29, 1.82) is 0 Å². The number of morpholine rings is 1. The molecule has 0 aliphatic carbocycles. The highest BCUT2D eigenvalue weighted by molar-refractivity contribution is 7.22. The van der Waals surface area contributed by atoms with Gasteiger partial charge in [-0.25, -0.2) is 4.98 Å². The molecule has 1 saturated heterocycles. The molecular weight excluding hydrogens is 380 g/mol. The van der Waals surface area contributed by atoms with Crippen molar-refractivity contribution in [2.45, 2.75) is 6.54 Å². The Hall–Kier alpha value is -2.88. The Morgan fingerprint density at radius 1 is 1.25 bits per heavy atom. The minimum Gasteiger partial charge on any atom is -0.379 e. The number of nitrogens with one attached hydrogen (secondary N) is 1. The molecule has 2 aromatic carbocycles. The molecule has 8 nitrogen and oxygen atoms in total. The molecule has 9 heteroatoms. The van der Waals surface area contributed by atoms with Gasteiger partial charge in [0.25, 0.3) is 11.6 Å². The first-order valence-corrected chi connectivity index (χ1v) is 9.66. The van der Waals surface area contributed by atoms with E-state index in [2.05, 4.69) is 21.3 Å². The number of hydrogen-bond donors (Lipinski definition) is 1. The lowest BCUT2D eigenvalue weighted by atomic mass is 10.1. The molecular formula is C19H18N4O4S. The Labute approximate surface area is 164 Å². The summed E-state index contributed by atoms with van der Waals surface area (Å²) in [6, 6.07) is 11.9. The zero-order valence-corrected chi connectivity index (χ0v) is 15.8. The zero-order chi connectivity index (χ0) is 19.5. The van der Waals surface area contributed by atoms with E-state index in [-0.39, 0.29) is 11.3 Å². The highest BCUT2D eigenvalue weighted by Crippen LogP contribution is 2.28. The molecule has 0 atom stereocenters. The van der Waals surface area contributed by atoms with Crippen molar-refractivity contribution in [3.8, 4) is 0 Å². The fourth-order valence-corrected chi connectivity index (χ4v) is 4.05. The van der Waals surface area contributed by atoms with E-state index < -0.39 is 10.8 Å². The second-order valence-electron chi connectivity index (χ2n) is 6.44. The highest BCUT2D eigenvalue weighted by Gasteiger charge is 2.20. The molecule has 2 heterocycles. The molecule has 1 aliphatic heterocycles. The number of fused-ring (bicyclic) bond motifs is 1. The summed E-state index contributed by atoms with van der Waals surface area (Å²) in [4.78, 5) is 29.8. The van der Waals surface area contributed by atoms with Gasteiger partial charge in [-0.1, -0.05) is 29.5 Å². The molecule has 3 aromatic rings. The van der Waals surface area contributed by atoms with E-state index in [1.807, 2.05) is 12.1 Å². The van der Waals surface area contributed by atoms with E-state index in [4.69, 9.17) is 4.74 Å². The van der Waals surface area contributed by atoms with Gasteiger partial charge in [0.2, 0.25) is 0 Å². The second-order valence-corrected chi connectivity index (χ2v) is 7.47. The van der Waals surface area contributed by atoms with E-state index in [0.29, 0.717) is 5.13 Å². The fourth-order valence-electron chi connectivity index (χ4n) is 3.13. The molecule has 1 aliphatic rings. The molecule has 0 unspecified atom stereocenters. The van der Waals surface area contributed by atoms with Gasteiger partial charge in [-0.2, -0.15) is 0 Å². The Kier molecular flexibility index (Phi) is 5.29. The maximum Gasteiger partial charge on any atom is 0.282 e. The summed E-state index contributed by atoms with van der Waals surface area (Å²) in [6.07, 6.45) is 0. The van der Waals surface area contributed by atoms with Gasteiger partial charge >= 0.3 is 0 Å². The van der Waals surface area contributed by atoms with Crippen molar-refractivity contribution >= 4 is 38.3 Å². The maximum absolute atomic E-state index is 12.5. The summed E-state index contributed by atoms with van der Waals surface area (Å²) in [6.45, 7) is 4.18. The van der Waals surface area contributed by atoms with Crippen LogP contribution in [0.5, 0.6) is 0 Å². The first-order chi connectivity index (χ1) is 13.6. The molecule has 0 bridgehead atoms. The van der Waals surface area contributed by atoms with Crippen LogP contribution < -0.4 is 5.32 Å². The molecule has 1 amide bonds. The summed E-state index contributed by atoms with van der Waals surface area (Å²) in [5, 5.41) is 14.2. The van der Waals surface area contributed by atoms with E-state index in [1.54, 1.807) is 6.07 Å². The number of amides is 1. The van der Waals surface area contributed by atoms with Crippen LogP contribution in [0, 0.1) is 10.1 Å². The van der Waals surface area contributed by atoms with Crippen LogP contribution in [0.15, 0.2) is 42.5 Å². The van der Waals surface area contributed by atoms with Crippen molar-refractivity contribution < 1.29 is 14.5 Å². The van der Waals surface area contributed by atoms with Crippen LogP contribution in [-0.2, 0) is 11.3 Å². The molecule has 1 N–H and O–H groups in total. The lowest BCUT2D eigenvalue weighted by Crippen LogP contribution is -2.35. The summed E-state index contributed by atoms with van der Waals surface area (Å²) in [5.74, 6) is -0.542. The van der Waals surface area contributed by atoms with E-state index in [0.717, 1.165) is 43.1 Å². The third-order valence-electron chi connectivity index (χ3n) is 4.53. The van der Waals surface area contributed by atoms with Crippen LogP contribution in [0.3, 0.4) is 0 Å². The topological polar surface area (TPSA) is 97.6 Å². The number of rotatable bonds is 5. The SMILES string of the molecule is O=C(Nc1nc2ccc(CN3CCOCC3)cc2s1)c1ccccc1[N+](=O)[O-]. The van der Waals surface area contributed by atoms with E-state index >= 15 is 0 Å². The number of anilines is 1. The molecule has 28 heavy (non-hydrogen) atoms. The normalized spacial score (nSPS) is 14.9. The lowest BCUT2D eigenvalue weighted by molar-refractivity contribution is -0.385. The Bertz CT molecular complexity index is 1030. The number of nitrogens with zero attached hydrogens (tertiary/aromatic N) is 3. The predicted molar refractivity (Wildman–Crippen MR) is 107 cm³/mol. The number of thiazole rings is 1. The highest BCUT2D eigenvalue weighted by atomic mass is 32.1. The number of benzene rings is 2. The average Bonchev–Trinajstić information content (AvgIpc) is 3.10. The molecule has 0 saturated carbocycles. The largest absolute Gasteiger partial charge is 0.379 e. The van der Waals surface area contributed by atoms with Crippen molar-refractivity contribution in [1.82, 2.24) is 9.88 Å². The Balaban J connectivity index is 1.52. The van der Waals surface area contributed by atoms with Crippen LogP contribution >= 0.6 is 11.3 Å². The van der Waals surface area contributed by atoms with Gasteiger partial charge in [-0.15, -0.1) is 0 Å². The predicted octanol–water partition coefficient (Wildman–Crippen LogP) is 3.29. The van der Waals surface area contributed by atoms with Gasteiger partial charge in [-0.3, -0.25) is 25.1 Å². The summed E-state index contributed by atoms with van der Waals surface area (Å²) in [7, 11) is 0. The van der Waals surface area contributed by atoms with Gasteiger partial charge in [0.05, 0.1) is 28.4 Å². The molecule has 4 rings (SSSR count). The van der Waals surface area contributed by atoms with Crippen LogP contribution in [0.2, 0.25) is 0 Å². The average molecular weight is 398 g/mol. The van der Waals surface area contributed by atoms with Gasteiger partial charge in [0, 0.05) is 25.7 Å². The van der Waals surface area contributed by atoms with Crippen molar-refractivity contribution in [2.24, 2.45) is 0 Å². The summed E-state index contributed by atoms with van der Waals surface area (Å²) in [5.41, 5.74) is 1.75. The van der Waals surface area contributed by atoms with Gasteiger partial charge in [-0.05, 0) is 23.8 Å². The standard InChI is InChI=1S/C19H18N4O4S/c24-18(14-3-1-2-4-16(14)23(25)26)21-19-20-15-6-5-13(11-17(15)28-19)12-22-7-9-27-10-8-22/h1-6,11H,7-10,12H2,(H,20,21,24). The first kappa shape index (κ1) is 18.5. The van der Waals surface area contributed by atoms with Gasteiger partial charge in [0.1, 0.15) is 5.56 Å². The number of carbonyl (C=O) groups is 1. The molecule has 0 spiro atoms. The van der Waals surface area contributed by atoms with Crippen LogP contribution in [0.4, 0.5) is 10.8 Å². The van der Waals surface area contributed by atoms with Gasteiger partial charge < -0.3 is 4.74 Å². The quantitative estimate of drug-likeness (QED) is 0.523. The number of carbonyl (C=O) groups excluding carboxylic acids is 1. The van der Waals surface area contributed by atoms with Crippen molar-refractivity contribution in [3.05, 3.63) is 63.7 Å². The summed E-state index contributed by atoms with van der Waals surface area (Å²) < 4.78 is 6.34. The van der Waals surface area contributed by atoms with Crippen molar-refractivity contribution in [3.63, 3.8) is 0 Å². The Morgan fingerprint density at radius 2 is 2.04 bits per heavy atom. The molecule has 1 aromatic heterocycles. The first-order valence-electron chi connectivity index (χ1n) is 8.84. The molecule has 1 fully saturated rings. The van der Waals surface area contributed by atoms with Crippen molar-refractivity contribution in [2.75, 3.05) is 31.6 Å². The maximum atomic E-state index is 12.5. The number of hydrogen-bond acceptors (Lipinski definition) is 7. The van der Waals surface area contributed by atoms with E-state index in [1.165, 1.54) is 35.1 Å². The van der Waals surface area contributed by atoms with Crippen LogP contribution in [0.25, 0.3) is 10.2 Å². The lowest BCUT2D eigenvalue weighted by Gasteiger charge is -2.26. The number of nitro benzene ring substituents is 1. The summed E-state index contributed by atoms with van der Waals surface area (Å²) >= 11 is 1.35. The minimum atomic E-state index is -0.564. The van der Waals surface area contributed by atoms with Gasteiger partial charge in [0.15, 0.2) is 5.13 Å². The molecule has 144 valence electrons. The number of aromatic nitrogens is 1. The Morgan fingerprint density at radius 3 is 2.82 bits per heavy atom.